The average Bonchev–Trinajstić information content (AvgIpc) is 2.77. The zero-order valence-corrected chi connectivity index (χ0v) is 13.3. The molecule has 1 aliphatic heterocycles. The van der Waals surface area contributed by atoms with Gasteiger partial charge in [-0.05, 0) is 39.3 Å². The second-order valence-corrected chi connectivity index (χ2v) is 7.16. The topological polar surface area (TPSA) is 67.2 Å². The molecule has 1 fully saturated rings. The first kappa shape index (κ1) is 15.5. The van der Waals surface area contributed by atoms with Crippen molar-refractivity contribution in [1.82, 2.24) is 19.4 Å². The Morgan fingerprint density at radius 3 is 2.60 bits per heavy atom. The molecule has 2 rings (SSSR count). The minimum absolute atomic E-state index is 0.0931. The average molecular weight is 300 g/mol. The molecule has 0 atom stereocenters. The van der Waals surface area contributed by atoms with E-state index in [9.17, 15) is 8.42 Å². The molecular formula is C13H24N4O2S. The molecule has 7 heteroatoms. The molecule has 0 saturated carbocycles. The van der Waals surface area contributed by atoms with E-state index < -0.39 is 10.0 Å². The molecule has 0 amide bonds. The molecule has 1 N–H and O–H groups in total. The second kappa shape index (κ2) is 6.24. The lowest BCUT2D eigenvalue weighted by Crippen LogP contribution is -2.46. The normalized spacial score (nSPS) is 17.8. The number of hydrogen-bond donors (Lipinski definition) is 1. The number of aryl methyl sites for hydroxylation is 2. The van der Waals surface area contributed by atoms with Gasteiger partial charge in [0.05, 0.1) is 6.20 Å². The van der Waals surface area contributed by atoms with E-state index in [0.29, 0.717) is 17.1 Å². The molecule has 1 saturated heterocycles. The van der Waals surface area contributed by atoms with E-state index in [1.165, 1.54) is 4.68 Å². The highest BCUT2D eigenvalue weighted by molar-refractivity contribution is 7.89. The first-order valence-electron chi connectivity index (χ1n) is 7.19. The number of sulfonamides is 1. The van der Waals surface area contributed by atoms with Crippen LogP contribution in [0.5, 0.6) is 0 Å². The molecule has 6 nitrogen and oxygen atoms in total. The number of piperidine rings is 1. The minimum Gasteiger partial charge on any atom is -0.317 e. The van der Waals surface area contributed by atoms with Gasteiger partial charge in [-0.2, -0.15) is 9.40 Å². The summed E-state index contributed by atoms with van der Waals surface area (Å²) in [7, 11) is -1.79. The van der Waals surface area contributed by atoms with Crippen LogP contribution in [0.2, 0.25) is 0 Å². The lowest BCUT2D eigenvalue weighted by atomic mass is 10.1. The Morgan fingerprint density at radius 1 is 1.45 bits per heavy atom. The molecular weight excluding hydrogens is 276 g/mol. The van der Waals surface area contributed by atoms with Crippen molar-refractivity contribution in [2.45, 2.75) is 44.2 Å². The number of hydrogen-bond acceptors (Lipinski definition) is 4. The maximum absolute atomic E-state index is 13.0. The summed E-state index contributed by atoms with van der Waals surface area (Å²) in [5.41, 5.74) is 0.711. The molecule has 0 spiro atoms. The highest BCUT2D eigenvalue weighted by Gasteiger charge is 2.34. The van der Waals surface area contributed by atoms with Crippen LogP contribution >= 0.6 is 0 Å². The van der Waals surface area contributed by atoms with E-state index in [1.807, 2.05) is 6.92 Å². The van der Waals surface area contributed by atoms with Gasteiger partial charge in [-0.15, -0.1) is 0 Å². The Morgan fingerprint density at radius 2 is 2.10 bits per heavy atom. The van der Waals surface area contributed by atoms with Crippen molar-refractivity contribution in [3.8, 4) is 0 Å². The van der Waals surface area contributed by atoms with Gasteiger partial charge >= 0.3 is 0 Å². The van der Waals surface area contributed by atoms with E-state index in [4.69, 9.17) is 0 Å². The van der Waals surface area contributed by atoms with Crippen LogP contribution in [0.15, 0.2) is 11.2 Å². The van der Waals surface area contributed by atoms with E-state index in [1.54, 1.807) is 24.5 Å². The highest BCUT2D eigenvalue weighted by Crippen LogP contribution is 2.24. The first-order chi connectivity index (χ1) is 9.48. The number of aromatic nitrogens is 2. The van der Waals surface area contributed by atoms with Crippen LogP contribution in [0.3, 0.4) is 0 Å². The van der Waals surface area contributed by atoms with Gasteiger partial charge in [-0.1, -0.05) is 6.92 Å². The summed E-state index contributed by atoms with van der Waals surface area (Å²) in [6.07, 6.45) is 4.17. The number of nitrogens with one attached hydrogen (secondary N) is 1. The Labute approximate surface area is 121 Å². The first-order valence-corrected chi connectivity index (χ1v) is 8.63. The zero-order chi connectivity index (χ0) is 14.8. The third-order valence-electron chi connectivity index (χ3n) is 3.77. The third kappa shape index (κ3) is 2.89. The minimum atomic E-state index is -3.47. The van der Waals surface area contributed by atoms with Crippen LogP contribution in [0.4, 0.5) is 0 Å². The lowest BCUT2D eigenvalue weighted by Gasteiger charge is -2.33. The summed E-state index contributed by atoms with van der Waals surface area (Å²) in [4.78, 5) is 0. The maximum Gasteiger partial charge on any atom is 0.260 e. The van der Waals surface area contributed by atoms with Crippen molar-refractivity contribution >= 4 is 10.0 Å². The van der Waals surface area contributed by atoms with Crippen molar-refractivity contribution in [1.29, 1.82) is 0 Å². The van der Waals surface area contributed by atoms with Crippen LogP contribution in [-0.2, 0) is 17.1 Å². The van der Waals surface area contributed by atoms with Crippen molar-refractivity contribution in [3.63, 3.8) is 0 Å². The van der Waals surface area contributed by atoms with Crippen LogP contribution in [-0.4, -0.2) is 48.2 Å². The van der Waals surface area contributed by atoms with E-state index >= 15 is 0 Å². The molecule has 20 heavy (non-hydrogen) atoms. The zero-order valence-electron chi connectivity index (χ0n) is 12.5. The van der Waals surface area contributed by atoms with Gasteiger partial charge in [0.25, 0.3) is 10.0 Å². The summed E-state index contributed by atoms with van der Waals surface area (Å²) in [6.45, 7) is 6.14. The van der Waals surface area contributed by atoms with Crippen LogP contribution < -0.4 is 5.32 Å². The van der Waals surface area contributed by atoms with Crippen LogP contribution in [0.25, 0.3) is 0 Å². The summed E-state index contributed by atoms with van der Waals surface area (Å²) in [5, 5.41) is 7.67. The summed E-state index contributed by atoms with van der Waals surface area (Å²) < 4.78 is 29.1. The van der Waals surface area contributed by atoms with Crippen molar-refractivity contribution < 1.29 is 8.42 Å². The van der Waals surface area contributed by atoms with Crippen molar-refractivity contribution in [2.75, 3.05) is 19.6 Å². The Kier molecular flexibility index (Phi) is 4.82. The summed E-state index contributed by atoms with van der Waals surface area (Å²) >= 11 is 0. The van der Waals surface area contributed by atoms with Gasteiger partial charge in [0.2, 0.25) is 0 Å². The highest BCUT2D eigenvalue weighted by atomic mass is 32.2. The monoisotopic (exact) mass is 300 g/mol. The smallest absolute Gasteiger partial charge is 0.260 e. The predicted octanol–water partition coefficient (Wildman–Crippen LogP) is 0.881. The van der Waals surface area contributed by atoms with Crippen LogP contribution in [0, 0.1) is 6.92 Å². The molecule has 114 valence electrons. The van der Waals surface area contributed by atoms with Gasteiger partial charge in [0.15, 0.2) is 5.03 Å². The Hall–Kier alpha value is -0.920. The van der Waals surface area contributed by atoms with Crippen molar-refractivity contribution in [3.05, 3.63) is 11.8 Å². The standard InChI is InChI=1S/C13H24N4O2S/c1-4-9-17(12-5-7-14-8-6-12)20(18,19)13-11(2)10-15-16(13)3/h10,12,14H,4-9H2,1-3H3. The molecule has 1 aromatic rings. The summed E-state index contributed by atoms with van der Waals surface area (Å²) in [5.74, 6) is 0. The Balaban J connectivity index is 2.36. The third-order valence-corrected chi connectivity index (χ3v) is 5.94. The van der Waals surface area contributed by atoms with Gasteiger partial charge in [-0.25, -0.2) is 8.42 Å². The fraction of sp³-hybridized carbons (Fsp3) is 0.769. The van der Waals surface area contributed by atoms with Gasteiger partial charge in [0, 0.05) is 25.2 Å². The van der Waals surface area contributed by atoms with E-state index in [0.717, 1.165) is 32.4 Å². The maximum atomic E-state index is 13.0. The number of nitrogens with zero attached hydrogens (tertiary/aromatic N) is 3. The van der Waals surface area contributed by atoms with Crippen molar-refractivity contribution in [2.24, 2.45) is 7.05 Å². The van der Waals surface area contributed by atoms with Gasteiger partial charge < -0.3 is 5.32 Å². The fourth-order valence-corrected chi connectivity index (χ4v) is 4.92. The predicted molar refractivity (Wildman–Crippen MR) is 78.0 cm³/mol. The lowest BCUT2D eigenvalue weighted by molar-refractivity contribution is 0.260. The van der Waals surface area contributed by atoms with Gasteiger partial charge in [-0.3, -0.25) is 4.68 Å². The molecule has 1 aliphatic rings. The second-order valence-electron chi connectivity index (χ2n) is 5.35. The number of rotatable bonds is 5. The molecule has 0 radical (unpaired) electrons. The molecule has 2 heterocycles. The molecule has 0 unspecified atom stereocenters. The van der Waals surface area contributed by atoms with Crippen LogP contribution in [0.1, 0.15) is 31.7 Å². The molecule has 0 bridgehead atoms. The molecule has 1 aromatic heterocycles. The quantitative estimate of drug-likeness (QED) is 0.876. The largest absolute Gasteiger partial charge is 0.317 e. The fourth-order valence-electron chi connectivity index (χ4n) is 2.83. The van der Waals surface area contributed by atoms with E-state index in [2.05, 4.69) is 10.4 Å². The molecule has 0 aromatic carbocycles. The molecule has 0 aliphatic carbocycles. The SMILES string of the molecule is CCCN(C1CCNCC1)S(=O)(=O)c1c(C)cnn1C. The van der Waals surface area contributed by atoms with E-state index in [-0.39, 0.29) is 6.04 Å². The van der Waals surface area contributed by atoms with Gasteiger partial charge in [0.1, 0.15) is 0 Å². The Bertz CT molecular complexity index is 527. The summed E-state index contributed by atoms with van der Waals surface area (Å²) in [6, 6.07) is 0.0931.